The lowest BCUT2D eigenvalue weighted by Crippen LogP contribution is -2.28. The molecule has 1 N–H and O–H groups in total. The number of rotatable bonds is 5. The van der Waals surface area contributed by atoms with Crippen molar-refractivity contribution in [2.24, 2.45) is 0 Å². The van der Waals surface area contributed by atoms with Gasteiger partial charge >= 0.3 is 5.97 Å². The van der Waals surface area contributed by atoms with Crippen LogP contribution < -0.4 is 10.9 Å². The second kappa shape index (κ2) is 8.62. The van der Waals surface area contributed by atoms with E-state index in [1.54, 1.807) is 48.5 Å². The Hall–Kier alpha value is -4.26. The van der Waals surface area contributed by atoms with Gasteiger partial charge in [0, 0.05) is 11.1 Å². The minimum Gasteiger partial charge on any atom is -0.465 e. The van der Waals surface area contributed by atoms with Crippen molar-refractivity contribution in [3.05, 3.63) is 106 Å². The molecule has 0 fully saturated rings. The Labute approximate surface area is 177 Å². The Morgan fingerprint density at radius 1 is 0.903 bits per heavy atom. The van der Waals surface area contributed by atoms with Crippen molar-refractivity contribution in [2.45, 2.75) is 6.54 Å². The number of hydrogen-bond donors (Lipinski definition) is 1. The lowest BCUT2D eigenvalue weighted by atomic mass is 10.1. The molecule has 0 aliphatic carbocycles. The van der Waals surface area contributed by atoms with Crippen LogP contribution in [0.4, 0.5) is 5.69 Å². The van der Waals surface area contributed by atoms with Crippen molar-refractivity contribution in [3.8, 4) is 0 Å². The summed E-state index contributed by atoms with van der Waals surface area (Å²) in [4.78, 5) is 37.5. The third-order valence-electron chi connectivity index (χ3n) is 4.82. The van der Waals surface area contributed by atoms with Crippen LogP contribution in [0.5, 0.6) is 0 Å². The molecule has 0 atom stereocenters. The molecule has 0 saturated carbocycles. The average Bonchev–Trinajstić information content (AvgIpc) is 2.81. The summed E-state index contributed by atoms with van der Waals surface area (Å²) in [6.07, 6.45) is 0. The summed E-state index contributed by atoms with van der Waals surface area (Å²) >= 11 is 0. The minimum atomic E-state index is -0.460. The fourth-order valence-electron chi connectivity index (χ4n) is 3.26. The maximum Gasteiger partial charge on any atom is 0.337 e. The molecular formula is C24H19N3O4. The molecule has 1 aromatic heterocycles. The Kier molecular flexibility index (Phi) is 5.57. The van der Waals surface area contributed by atoms with Gasteiger partial charge in [0.15, 0.2) is 5.69 Å². The van der Waals surface area contributed by atoms with Crippen LogP contribution in [0.1, 0.15) is 26.4 Å². The van der Waals surface area contributed by atoms with Gasteiger partial charge in [-0.3, -0.25) is 9.59 Å². The Bertz CT molecular complexity index is 1310. The van der Waals surface area contributed by atoms with E-state index in [-0.39, 0.29) is 17.8 Å². The molecule has 0 spiro atoms. The van der Waals surface area contributed by atoms with Crippen LogP contribution in [-0.4, -0.2) is 28.8 Å². The molecule has 0 bridgehead atoms. The highest BCUT2D eigenvalue weighted by atomic mass is 16.5. The first kappa shape index (κ1) is 20.0. The highest BCUT2D eigenvalue weighted by Crippen LogP contribution is 2.17. The van der Waals surface area contributed by atoms with Crippen LogP contribution in [0, 0.1) is 0 Å². The van der Waals surface area contributed by atoms with E-state index >= 15 is 0 Å². The molecule has 7 heteroatoms. The summed E-state index contributed by atoms with van der Waals surface area (Å²) in [6, 6.07) is 22.7. The summed E-state index contributed by atoms with van der Waals surface area (Å²) in [5.41, 5.74) is 1.64. The molecular weight excluding hydrogens is 394 g/mol. The molecule has 3 aromatic carbocycles. The number of benzene rings is 3. The Morgan fingerprint density at radius 3 is 2.23 bits per heavy atom. The van der Waals surface area contributed by atoms with Gasteiger partial charge in [-0.15, -0.1) is 0 Å². The van der Waals surface area contributed by atoms with Crippen LogP contribution in [0.25, 0.3) is 10.8 Å². The monoisotopic (exact) mass is 413 g/mol. The highest BCUT2D eigenvalue weighted by Gasteiger charge is 2.17. The van der Waals surface area contributed by atoms with Crippen LogP contribution in [0.2, 0.25) is 0 Å². The first-order valence-electron chi connectivity index (χ1n) is 9.60. The van der Waals surface area contributed by atoms with Gasteiger partial charge in [0.05, 0.1) is 24.6 Å². The molecule has 154 valence electrons. The zero-order valence-corrected chi connectivity index (χ0v) is 16.7. The van der Waals surface area contributed by atoms with Crippen LogP contribution in [-0.2, 0) is 11.3 Å². The van der Waals surface area contributed by atoms with Gasteiger partial charge in [-0.1, -0.05) is 48.5 Å². The fourth-order valence-corrected chi connectivity index (χ4v) is 3.26. The normalized spacial score (nSPS) is 10.6. The first-order chi connectivity index (χ1) is 15.1. The van der Waals surface area contributed by atoms with E-state index in [0.717, 1.165) is 5.56 Å². The number of esters is 1. The van der Waals surface area contributed by atoms with E-state index in [0.29, 0.717) is 22.0 Å². The molecule has 0 aliphatic heterocycles. The van der Waals surface area contributed by atoms with Crippen LogP contribution in [0.15, 0.2) is 83.7 Å². The molecule has 0 radical (unpaired) electrons. The minimum absolute atomic E-state index is 0.142. The maximum absolute atomic E-state index is 13.0. The molecule has 4 aromatic rings. The van der Waals surface area contributed by atoms with Crippen molar-refractivity contribution >= 4 is 28.3 Å². The predicted octanol–water partition coefficient (Wildman–Crippen LogP) is 3.48. The number of hydrogen-bond acceptors (Lipinski definition) is 5. The topological polar surface area (TPSA) is 90.3 Å². The number of aromatic nitrogens is 2. The zero-order valence-electron chi connectivity index (χ0n) is 16.7. The van der Waals surface area contributed by atoms with Gasteiger partial charge in [-0.05, 0) is 35.9 Å². The van der Waals surface area contributed by atoms with Crippen molar-refractivity contribution in [1.82, 2.24) is 9.78 Å². The van der Waals surface area contributed by atoms with Gasteiger partial charge in [0.1, 0.15) is 0 Å². The van der Waals surface area contributed by atoms with E-state index in [9.17, 15) is 14.4 Å². The molecule has 31 heavy (non-hydrogen) atoms. The zero-order chi connectivity index (χ0) is 21.8. The molecule has 0 aliphatic rings. The number of carbonyl (C=O) groups is 2. The average molecular weight is 413 g/mol. The summed E-state index contributed by atoms with van der Waals surface area (Å²) in [5.74, 6) is -0.914. The molecule has 0 saturated heterocycles. The lowest BCUT2D eigenvalue weighted by Gasteiger charge is -2.12. The Balaban J connectivity index is 1.70. The van der Waals surface area contributed by atoms with E-state index in [1.165, 1.54) is 11.8 Å². The molecule has 4 rings (SSSR count). The van der Waals surface area contributed by atoms with Gasteiger partial charge in [0.25, 0.3) is 11.5 Å². The molecule has 7 nitrogen and oxygen atoms in total. The van der Waals surface area contributed by atoms with Crippen LogP contribution in [0.3, 0.4) is 0 Å². The number of nitrogens with one attached hydrogen (secondary N) is 1. The van der Waals surface area contributed by atoms with Gasteiger partial charge in [0.2, 0.25) is 0 Å². The largest absolute Gasteiger partial charge is 0.465 e. The lowest BCUT2D eigenvalue weighted by molar-refractivity contribution is 0.0600. The molecule has 1 heterocycles. The van der Waals surface area contributed by atoms with E-state index in [1.807, 2.05) is 30.3 Å². The van der Waals surface area contributed by atoms with E-state index in [4.69, 9.17) is 0 Å². The smallest absolute Gasteiger partial charge is 0.337 e. The van der Waals surface area contributed by atoms with Crippen molar-refractivity contribution < 1.29 is 14.3 Å². The fraction of sp³-hybridized carbons (Fsp3) is 0.0833. The van der Waals surface area contributed by atoms with Gasteiger partial charge in [-0.25, -0.2) is 9.48 Å². The number of nitrogens with zero attached hydrogens (tertiary/aromatic N) is 2. The molecule has 1 amide bonds. The second-order valence-corrected chi connectivity index (χ2v) is 6.87. The van der Waals surface area contributed by atoms with Crippen molar-refractivity contribution in [3.63, 3.8) is 0 Å². The third-order valence-corrected chi connectivity index (χ3v) is 4.82. The van der Waals surface area contributed by atoms with Crippen LogP contribution >= 0.6 is 0 Å². The second-order valence-electron chi connectivity index (χ2n) is 6.87. The van der Waals surface area contributed by atoms with Gasteiger partial charge < -0.3 is 10.1 Å². The summed E-state index contributed by atoms with van der Waals surface area (Å²) in [5, 5.41) is 8.03. The number of ether oxygens (including phenoxy) is 1. The number of amides is 1. The molecule has 0 unspecified atom stereocenters. The standard InChI is InChI=1S/C24H19N3O4/c1-31-24(30)17-11-13-18(14-12-17)25-22(28)21-19-9-5-6-10-20(19)23(29)27(26-21)15-16-7-3-2-4-8-16/h2-14H,15H2,1H3,(H,25,28). The number of carbonyl (C=O) groups excluding carboxylic acids is 2. The third kappa shape index (κ3) is 4.20. The first-order valence-corrected chi connectivity index (χ1v) is 9.60. The Morgan fingerprint density at radius 2 is 1.55 bits per heavy atom. The summed E-state index contributed by atoms with van der Waals surface area (Å²) < 4.78 is 5.98. The van der Waals surface area contributed by atoms with Crippen molar-refractivity contribution in [1.29, 1.82) is 0 Å². The number of fused-ring (bicyclic) bond motifs is 1. The summed E-state index contributed by atoms with van der Waals surface area (Å²) in [6.45, 7) is 0.249. The quantitative estimate of drug-likeness (QED) is 0.506. The van der Waals surface area contributed by atoms with E-state index in [2.05, 4.69) is 15.2 Å². The van der Waals surface area contributed by atoms with Gasteiger partial charge in [-0.2, -0.15) is 5.10 Å². The maximum atomic E-state index is 13.0. The number of methoxy groups -OCH3 is 1. The van der Waals surface area contributed by atoms with E-state index < -0.39 is 11.9 Å². The van der Waals surface area contributed by atoms with Crippen molar-refractivity contribution in [2.75, 3.05) is 12.4 Å². The predicted molar refractivity (Wildman–Crippen MR) is 117 cm³/mol. The number of anilines is 1. The SMILES string of the molecule is COC(=O)c1ccc(NC(=O)c2nn(Cc3ccccc3)c(=O)c3ccccc23)cc1. The highest BCUT2D eigenvalue weighted by molar-refractivity contribution is 6.11. The summed E-state index contributed by atoms with van der Waals surface area (Å²) in [7, 11) is 1.30.